The zero-order valence-corrected chi connectivity index (χ0v) is 16.3. The molecule has 0 spiro atoms. The summed E-state index contributed by atoms with van der Waals surface area (Å²) in [5.41, 5.74) is 0.0787. The van der Waals surface area contributed by atoms with Gasteiger partial charge in [0.1, 0.15) is 5.82 Å². The van der Waals surface area contributed by atoms with E-state index in [1.807, 2.05) is 11.9 Å². The Kier molecular flexibility index (Phi) is 5.47. The molecule has 1 aliphatic rings. The molecule has 0 N–H and O–H groups in total. The Balaban J connectivity index is 1.81. The third kappa shape index (κ3) is 4.14. The molecule has 3 aromatic rings. The van der Waals surface area contributed by atoms with Crippen molar-refractivity contribution in [2.24, 2.45) is 0 Å². The predicted molar refractivity (Wildman–Crippen MR) is 102 cm³/mol. The first-order valence-corrected chi connectivity index (χ1v) is 9.51. The fraction of sp³-hybridized carbons (Fsp3) is 0.273. The molecule has 1 atom stereocenters. The lowest BCUT2D eigenvalue weighted by molar-refractivity contribution is -0.141. The number of alkyl halides is 3. The normalized spacial score (nSPS) is 17.3. The zero-order valence-electron chi connectivity index (χ0n) is 16.3. The second kappa shape index (κ2) is 7.96. The van der Waals surface area contributed by atoms with Crippen molar-refractivity contribution in [1.29, 1.82) is 0 Å². The van der Waals surface area contributed by atoms with Crippen molar-refractivity contribution < 1.29 is 26.3 Å². The van der Waals surface area contributed by atoms with E-state index in [2.05, 4.69) is 10.2 Å². The van der Waals surface area contributed by atoms with Gasteiger partial charge in [0.25, 0.3) is 0 Å². The van der Waals surface area contributed by atoms with Gasteiger partial charge < -0.3 is 4.90 Å². The highest BCUT2D eigenvalue weighted by Crippen LogP contribution is 2.38. The molecule has 4 rings (SSSR count). The molecular weight excluding hydrogens is 420 g/mol. The molecule has 31 heavy (non-hydrogen) atoms. The van der Waals surface area contributed by atoms with Crippen molar-refractivity contribution in [3.05, 3.63) is 82.3 Å². The van der Waals surface area contributed by atoms with Crippen LogP contribution in [0.1, 0.15) is 34.7 Å². The maximum absolute atomic E-state index is 15.0. The summed E-state index contributed by atoms with van der Waals surface area (Å²) in [6.45, 7) is 0.969. The summed E-state index contributed by atoms with van der Waals surface area (Å²) in [7, 11) is 1.84. The van der Waals surface area contributed by atoms with E-state index in [9.17, 15) is 22.0 Å². The van der Waals surface area contributed by atoms with Crippen LogP contribution >= 0.6 is 0 Å². The molecule has 2 aromatic carbocycles. The first-order chi connectivity index (χ1) is 14.6. The SMILES string of the molecule is CN1CCC(c2cccc(F)c2F)c2cc(F)c(-c3ccc(C(F)(F)F)nn3)cc2C1. The summed E-state index contributed by atoms with van der Waals surface area (Å²) >= 11 is 0. The van der Waals surface area contributed by atoms with Gasteiger partial charge in [-0.15, -0.1) is 10.2 Å². The molecule has 162 valence electrons. The van der Waals surface area contributed by atoms with Crippen LogP contribution in [0.5, 0.6) is 0 Å². The van der Waals surface area contributed by atoms with E-state index in [1.165, 1.54) is 24.3 Å². The average molecular weight is 437 g/mol. The number of aromatic nitrogens is 2. The minimum absolute atomic E-state index is 0.00580. The fourth-order valence-corrected chi connectivity index (χ4v) is 3.91. The quantitative estimate of drug-likeness (QED) is 0.493. The minimum Gasteiger partial charge on any atom is -0.302 e. The lowest BCUT2D eigenvalue weighted by atomic mass is 9.85. The van der Waals surface area contributed by atoms with Crippen molar-refractivity contribution in [1.82, 2.24) is 15.1 Å². The molecule has 1 aliphatic heterocycles. The lowest BCUT2D eigenvalue weighted by Gasteiger charge is -2.20. The lowest BCUT2D eigenvalue weighted by Crippen LogP contribution is -2.17. The summed E-state index contributed by atoms with van der Waals surface area (Å²) in [6, 6.07) is 8.44. The maximum atomic E-state index is 15.0. The van der Waals surface area contributed by atoms with Gasteiger partial charge in [-0.1, -0.05) is 12.1 Å². The van der Waals surface area contributed by atoms with Crippen LogP contribution in [-0.4, -0.2) is 28.7 Å². The van der Waals surface area contributed by atoms with Crippen molar-refractivity contribution in [2.45, 2.75) is 25.1 Å². The van der Waals surface area contributed by atoms with Gasteiger partial charge in [-0.25, -0.2) is 13.2 Å². The summed E-state index contributed by atoms with van der Waals surface area (Å²) in [6.07, 6.45) is -4.20. The van der Waals surface area contributed by atoms with E-state index in [4.69, 9.17) is 0 Å². The van der Waals surface area contributed by atoms with E-state index in [0.29, 0.717) is 30.6 Å². The van der Waals surface area contributed by atoms with Gasteiger partial charge >= 0.3 is 6.18 Å². The molecular formula is C22H17F6N3. The van der Waals surface area contributed by atoms with E-state index in [1.54, 1.807) is 0 Å². The Morgan fingerprint density at radius 3 is 2.39 bits per heavy atom. The van der Waals surface area contributed by atoms with Crippen LogP contribution in [0.3, 0.4) is 0 Å². The maximum Gasteiger partial charge on any atom is 0.435 e. The van der Waals surface area contributed by atoms with Crippen LogP contribution < -0.4 is 0 Å². The Morgan fingerprint density at radius 1 is 0.935 bits per heavy atom. The predicted octanol–water partition coefficient (Wildman–Crippen LogP) is 5.55. The van der Waals surface area contributed by atoms with Gasteiger partial charge in [0, 0.05) is 18.0 Å². The molecule has 0 aliphatic carbocycles. The Bertz CT molecular complexity index is 1110. The first kappa shape index (κ1) is 21.3. The number of benzene rings is 2. The number of hydrogen-bond donors (Lipinski definition) is 0. The van der Waals surface area contributed by atoms with E-state index >= 15 is 4.39 Å². The number of nitrogens with zero attached hydrogens (tertiary/aromatic N) is 3. The highest BCUT2D eigenvalue weighted by molar-refractivity contribution is 5.62. The number of fused-ring (bicyclic) bond motifs is 1. The molecule has 0 amide bonds. The fourth-order valence-electron chi connectivity index (χ4n) is 3.91. The van der Waals surface area contributed by atoms with Gasteiger partial charge in [-0.05, 0) is 67.0 Å². The van der Waals surface area contributed by atoms with Gasteiger partial charge in [0.2, 0.25) is 0 Å². The Hall–Kier alpha value is -2.94. The summed E-state index contributed by atoms with van der Waals surface area (Å²) < 4.78 is 81.6. The third-order valence-electron chi connectivity index (χ3n) is 5.43. The minimum atomic E-state index is -4.65. The molecule has 1 unspecified atom stereocenters. The highest BCUT2D eigenvalue weighted by Gasteiger charge is 2.33. The van der Waals surface area contributed by atoms with Crippen LogP contribution in [-0.2, 0) is 12.7 Å². The van der Waals surface area contributed by atoms with E-state index in [-0.39, 0.29) is 16.8 Å². The van der Waals surface area contributed by atoms with Crippen LogP contribution in [0.25, 0.3) is 11.3 Å². The standard InChI is InChI=1S/C22H17F6N3/c1-31-8-7-13(14-3-2-4-17(23)21(14)25)15-10-18(24)16(9-12(15)11-31)19-5-6-20(30-29-19)22(26,27)28/h2-6,9-10,13H,7-8,11H2,1H3. The molecule has 0 bridgehead atoms. The Morgan fingerprint density at radius 2 is 1.71 bits per heavy atom. The summed E-state index contributed by atoms with van der Waals surface area (Å²) in [5, 5.41) is 6.69. The van der Waals surface area contributed by atoms with E-state index < -0.39 is 35.2 Å². The average Bonchev–Trinajstić information content (AvgIpc) is 2.87. The number of rotatable bonds is 2. The van der Waals surface area contributed by atoms with Gasteiger partial charge in [0.15, 0.2) is 17.3 Å². The van der Waals surface area contributed by atoms with Crippen LogP contribution in [0.4, 0.5) is 26.3 Å². The zero-order chi connectivity index (χ0) is 22.3. The summed E-state index contributed by atoms with van der Waals surface area (Å²) in [5.74, 6) is -3.24. The molecule has 2 heterocycles. The largest absolute Gasteiger partial charge is 0.435 e. The molecule has 3 nitrogen and oxygen atoms in total. The van der Waals surface area contributed by atoms with Gasteiger partial charge in [-0.3, -0.25) is 0 Å². The Labute approximate surface area is 174 Å². The molecule has 0 saturated heterocycles. The highest BCUT2D eigenvalue weighted by atomic mass is 19.4. The van der Waals surface area contributed by atoms with Crippen LogP contribution in [0.15, 0.2) is 42.5 Å². The van der Waals surface area contributed by atoms with Crippen molar-refractivity contribution in [3.8, 4) is 11.3 Å². The number of hydrogen-bond acceptors (Lipinski definition) is 3. The molecule has 0 fully saturated rings. The summed E-state index contributed by atoms with van der Waals surface area (Å²) in [4.78, 5) is 1.95. The second-order valence-corrected chi connectivity index (χ2v) is 7.55. The third-order valence-corrected chi connectivity index (χ3v) is 5.43. The van der Waals surface area contributed by atoms with Crippen molar-refractivity contribution >= 4 is 0 Å². The van der Waals surface area contributed by atoms with Gasteiger partial charge in [0.05, 0.1) is 5.69 Å². The topological polar surface area (TPSA) is 29.0 Å². The number of halogens is 6. The second-order valence-electron chi connectivity index (χ2n) is 7.55. The molecule has 0 radical (unpaired) electrons. The monoisotopic (exact) mass is 437 g/mol. The van der Waals surface area contributed by atoms with Crippen LogP contribution in [0, 0.1) is 17.5 Å². The van der Waals surface area contributed by atoms with Crippen LogP contribution in [0.2, 0.25) is 0 Å². The smallest absolute Gasteiger partial charge is 0.302 e. The van der Waals surface area contributed by atoms with Crippen molar-refractivity contribution in [2.75, 3.05) is 13.6 Å². The molecule has 1 aromatic heterocycles. The molecule has 0 saturated carbocycles. The van der Waals surface area contributed by atoms with E-state index in [0.717, 1.165) is 18.2 Å². The molecule has 9 heteroatoms. The van der Waals surface area contributed by atoms with Gasteiger partial charge in [-0.2, -0.15) is 13.2 Å². The van der Waals surface area contributed by atoms with Crippen molar-refractivity contribution in [3.63, 3.8) is 0 Å². The first-order valence-electron chi connectivity index (χ1n) is 9.51.